The fourth-order valence-corrected chi connectivity index (χ4v) is 2.21. The maximum Gasteiger partial charge on any atom is 0.315 e. The number of amides is 2. The lowest BCUT2D eigenvalue weighted by Gasteiger charge is -2.41. The first-order valence-corrected chi connectivity index (χ1v) is 6.26. The van der Waals surface area contributed by atoms with E-state index in [0.29, 0.717) is 6.54 Å². The number of nitrogens with zero attached hydrogens (tertiary/aromatic N) is 1. The minimum absolute atomic E-state index is 0.0182. The summed E-state index contributed by atoms with van der Waals surface area (Å²) in [7, 11) is 0. The van der Waals surface area contributed by atoms with Crippen LogP contribution < -0.4 is 10.6 Å². The van der Waals surface area contributed by atoms with Crippen molar-refractivity contribution in [3.05, 3.63) is 30.1 Å². The Morgan fingerprint density at radius 2 is 2.00 bits per heavy atom. The highest BCUT2D eigenvalue weighted by molar-refractivity contribution is 5.77. The predicted molar refractivity (Wildman–Crippen MR) is 68.4 cm³/mol. The zero-order valence-electron chi connectivity index (χ0n) is 10.6. The molecular weight excluding hydrogens is 246 g/mol. The van der Waals surface area contributed by atoms with Crippen molar-refractivity contribution in [3.8, 4) is 0 Å². The largest absolute Gasteiger partial charge is 0.481 e. The molecule has 1 aliphatic rings. The van der Waals surface area contributed by atoms with Crippen LogP contribution in [0.4, 0.5) is 4.79 Å². The van der Waals surface area contributed by atoms with Gasteiger partial charge < -0.3 is 15.7 Å². The van der Waals surface area contributed by atoms with Gasteiger partial charge in [0.25, 0.3) is 0 Å². The van der Waals surface area contributed by atoms with Crippen molar-refractivity contribution in [2.75, 3.05) is 0 Å². The maximum absolute atomic E-state index is 11.8. The standard InChI is InChI=1S/C13H17N3O3/c17-11(18)8-13(4-1-5-13)16-12(19)15-9-10-2-6-14-7-3-10/h2-3,6-7H,1,4-5,8-9H2,(H,17,18)(H2,15,16,19). The second-order valence-electron chi connectivity index (χ2n) is 4.87. The van der Waals surface area contributed by atoms with E-state index >= 15 is 0 Å². The molecular formula is C13H17N3O3. The third-order valence-corrected chi connectivity index (χ3v) is 3.38. The van der Waals surface area contributed by atoms with Gasteiger partial charge in [0, 0.05) is 18.9 Å². The molecule has 6 nitrogen and oxygen atoms in total. The summed E-state index contributed by atoms with van der Waals surface area (Å²) in [6.45, 7) is 0.400. The smallest absolute Gasteiger partial charge is 0.315 e. The van der Waals surface area contributed by atoms with Gasteiger partial charge in [-0.1, -0.05) is 0 Å². The van der Waals surface area contributed by atoms with Crippen molar-refractivity contribution in [2.45, 2.75) is 37.8 Å². The summed E-state index contributed by atoms with van der Waals surface area (Å²) in [4.78, 5) is 26.5. The van der Waals surface area contributed by atoms with Gasteiger partial charge in [0.05, 0.1) is 12.0 Å². The number of aromatic nitrogens is 1. The van der Waals surface area contributed by atoms with E-state index in [9.17, 15) is 9.59 Å². The summed E-state index contributed by atoms with van der Waals surface area (Å²) in [5, 5.41) is 14.4. The molecule has 0 bridgehead atoms. The predicted octanol–water partition coefficient (Wildman–Crippen LogP) is 1.28. The van der Waals surface area contributed by atoms with E-state index in [-0.39, 0.29) is 12.5 Å². The van der Waals surface area contributed by atoms with E-state index in [0.717, 1.165) is 24.8 Å². The quantitative estimate of drug-likeness (QED) is 0.746. The molecule has 1 heterocycles. The SMILES string of the molecule is O=C(O)CC1(NC(=O)NCc2ccncc2)CCC1. The van der Waals surface area contributed by atoms with Gasteiger partial charge in [0.1, 0.15) is 0 Å². The molecule has 6 heteroatoms. The molecule has 3 N–H and O–H groups in total. The first-order chi connectivity index (χ1) is 9.10. The maximum atomic E-state index is 11.8. The molecule has 0 unspecified atom stereocenters. The summed E-state index contributed by atoms with van der Waals surface area (Å²) < 4.78 is 0. The molecule has 19 heavy (non-hydrogen) atoms. The minimum Gasteiger partial charge on any atom is -0.481 e. The van der Waals surface area contributed by atoms with Crippen LogP contribution in [-0.4, -0.2) is 27.6 Å². The highest BCUT2D eigenvalue weighted by Gasteiger charge is 2.40. The summed E-state index contributed by atoms with van der Waals surface area (Å²) >= 11 is 0. The van der Waals surface area contributed by atoms with Crippen LogP contribution in [0, 0.1) is 0 Å². The van der Waals surface area contributed by atoms with E-state index in [1.165, 1.54) is 0 Å². The Morgan fingerprint density at radius 1 is 1.32 bits per heavy atom. The van der Waals surface area contributed by atoms with Gasteiger partial charge in [-0.15, -0.1) is 0 Å². The van der Waals surface area contributed by atoms with Crippen LogP contribution in [0.1, 0.15) is 31.2 Å². The Balaban J connectivity index is 1.82. The number of aliphatic carboxylic acids is 1. The fraction of sp³-hybridized carbons (Fsp3) is 0.462. The topological polar surface area (TPSA) is 91.3 Å². The van der Waals surface area contributed by atoms with Crippen LogP contribution in [0.15, 0.2) is 24.5 Å². The van der Waals surface area contributed by atoms with E-state index in [4.69, 9.17) is 5.11 Å². The van der Waals surface area contributed by atoms with Crippen LogP contribution in [0.3, 0.4) is 0 Å². The normalized spacial score (nSPS) is 16.2. The number of carboxylic acid groups (broad SMARTS) is 1. The van der Waals surface area contributed by atoms with Gasteiger partial charge in [-0.3, -0.25) is 9.78 Å². The van der Waals surface area contributed by atoms with E-state index in [2.05, 4.69) is 15.6 Å². The van der Waals surface area contributed by atoms with Crippen LogP contribution in [0.2, 0.25) is 0 Å². The number of rotatable bonds is 5. The average Bonchev–Trinajstić information content (AvgIpc) is 2.34. The molecule has 2 amide bonds. The number of hydrogen-bond acceptors (Lipinski definition) is 3. The molecule has 2 rings (SSSR count). The minimum atomic E-state index is -0.880. The van der Waals surface area contributed by atoms with Gasteiger partial charge in [0.15, 0.2) is 0 Å². The molecule has 0 aliphatic heterocycles. The number of pyridine rings is 1. The number of carbonyl (C=O) groups is 2. The number of hydrogen-bond donors (Lipinski definition) is 3. The average molecular weight is 263 g/mol. The lowest BCUT2D eigenvalue weighted by Crippen LogP contribution is -2.57. The lowest BCUT2D eigenvalue weighted by atomic mass is 9.74. The van der Waals surface area contributed by atoms with E-state index in [1.54, 1.807) is 12.4 Å². The molecule has 0 radical (unpaired) electrons. The highest BCUT2D eigenvalue weighted by Crippen LogP contribution is 2.34. The highest BCUT2D eigenvalue weighted by atomic mass is 16.4. The zero-order chi connectivity index (χ0) is 13.7. The second kappa shape index (κ2) is 5.69. The van der Waals surface area contributed by atoms with Crippen molar-refractivity contribution >= 4 is 12.0 Å². The molecule has 0 spiro atoms. The number of nitrogens with one attached hydrogen (secondary N) is 2. The van der Waals surface area contributed by atoms with Gasteiger partial charge in [-0.05, 0) is 37.0 Å². The van der Waals surface area contributed by atoms with Crippen LogP contribution >= 0.6 is 0 Å². The summed E-state index contributed by atoms with van der Waals surface area (Å²) in [5.74, 6) is -0.880. The van der Waals surface area contributed by atoms with Gasteiger partial charge in [-0.25, -0.2) is 4.79 Å². The lowest BCUT2D eigenvalue weighted by molar-refractivity contribution is -0.139. The Hall–Kier alpha value is -2.11. The monoisotopic (exact) mass is 263 g/mol. The van der Waals surface area contributed by atoms with E-state index < -0.39 is 11.5 Å². The van der Waals surface area contributed by atoms with Crippen molar-refractivity contribution in [1.82, 2.24) is 15.6 Å². The molecule has 0 aromatic carbocycles. The first-order valence-electron chi connectivity index (χ1n) is 6.26. The molecule has 1 saturated carbocycles. The molecule has 1 aromatic heterocycles. The number of carbonyl (C=O) groups excluding carboxylic acids is 1. The molecule has 102 valence electrons. The summed E-state index contributed by atoms with van der Waals surface area (Å²) in [6, 6.07) is 3.31. The van der Waals surface area contributed by atoms with Gasteiger partial charge in [0.2, 0.25) is 0 Å². The Bertz CT molecular complexity index is 457. The fourth-order valence-electron chi connectivity index (χ4n) is 2.21. The second-order valence-corrected chi connectivity index (χ2v) is 4.87. The van der Waals surface area contributed by atoms with Gasteiger partial charge >= 0.3 is 12.0 Å². The Kier molecular flexibility index (Phi) is 3.99. The molecule has 1 fully saturated rings. The third-order valence-electron chi connectivity index (χ3n) is 3.38. The van der Waals surface area contributed by atoms with Crippen LogP contribution in [0.25, 0.3) is 0 Å². The van der Waals surface area contributed by atoms with E-state index in [1.807, 2.05) is 12.1 Å². The number of urea groups is 1. The molecule has 0 saturated heterocycles. The van der Waals surface area contributed by atoms with Crippen molar-refractivity contribution in [1.29, 1.82) is 0 Å². The Morgan fingerprint density at radius 3 is 2.53 bits per heavy atom. The third kappa shape index (κ3) is 3.67. The van der Waals surface area contributed by atoms with Gasteiger partial charge in [-0.2, -0.15) is 0 Å². The van der Waals surface area contributed by atoms with Crippen molar-refractivity contribution < 1.29 is 14.7 Å². The van der Waals surface area contributed by atoms with Crippen LogP contribution in [0.5, 0.6) is 0 Å². The first kappa shape index (κ1) is 13.3. The van der Waals surface area contributed by atoms with Crippen molar-refractivity contribution in [2.24, 2.45) is 0 Å². The molecule has 1 aliphatic carbocycles. The molecule has 1 aromatic rings. The van der Waals surface area contributed by atoms with Crippen molar-refractivity contribution in [3.63, 3.8) is 0 Å². The summed E-state index contributed by atoms with van der Waals surface area (Å²) in [6.07, 6.45) is 5.71. The zero-order valence-corrected chi connectivity index (χ0v) is 10.6. The Labute approximate surface area is 111 Å². The number of carboxylic acids is 1. The summed E-state index contributed by atoms with van der Waals surface area (Å²) in [5.41, 5.74) is 0.389. The molecule has 0 atom stereocenters. The van der Waals surface area contributed by atoms with Crippen LogP contribution in [-0.2, 0) is 11.3 Å².